The Labute approximate surface area is 141 Å². The molecule has 1 heterocycles. The van der Waals surface area contributed by atoms with Gasteiger partial charge in [-0.1, -0.05) is 12.1 Å². The topological polar surface area (TPSA) is 102 Å². The van der Waals surface area contributed by atoms with Gasteiger partial charge in [-0.25, -0.2) is 14.8 Å². The summed E-state index contributed by atoms with van der Waals surface area (Å²) in [5, 5.41) is 6.19. The summed E-state index contributed by atoms with van der Waals surface area (Å²) < 4.78 is 4.67. The molecule has 0 amide bonds. The second-order valence-corrected chi connectivity index (χ2v) is 5.49. The van der Waals surface area contributed by atoms with E-state index in [9.17, 15) is 4.79 Å². The number of nitrogens with one attached hydrogen (secondary N) is 2. The number of nitrogens with zero attached hydrogens (tertiary/aromatic N) is 2. The Morgan fingerprint density at radius 2 is 1.83 bits per heavy atom. The lowest BCUT2D eigenvalue weighted by atomic mass is 10.1. The first kappa shape index (κ1) is 17.8. The normalized spacial score (nSPS) is 11.8. The van der Waals surface area contributed by atoms with Gasteiger partial charge in [-0.2, -0.15) is 0 Å². The molecule has 1 atom stereocenters. The van der Waals surface area contributed by atoms with Gasteiger partial charge in [0.1, 0.15) is 6.29 Å². The Kier molecular flexibility index (Phi) is 6.22. The Bertz CT molecular complexity index is 668. The molecule has 0 spiro atoms. The molecule has 0 saturated carbocycles. The number of carbonyl (C=O) groups excluding carboxylic acids is 1. The molecule has 0 saturated heterocycles. The number of hydrogen-bond donors (Lipinski definition) is 3. The highest BCUT2D eigenvalue weighted by atomic mass is 16.5. The van der Waals surface area contributed by atoms with Crippen LogP contribution in [0.2, 0.25) is 0 Å². The molecule has 2 rings (SSSR count). The van der Waals surface area contributed by atoms with Crippen molar-refractivity contribution in [3.63, 3.8) is 0 Å². The molecule has 0 aliphatic carbocycles. The van der Waals surface area contributed by atoms with Crippen LogP contribution in [0.15, 0.2) is 30.3 Å². The fourth-order valence-corrected chi connectivity index (χ4v) is 2.28. The van der Waals surface area contributed by atoms with Gasteiger partial charge in [0.05, 0.1) is 12.7 Å². The van der Waals surface area contributed by atoms with Crippen LogP contribution >= 0.6 is 0 Å². The molecule has 24 heavy (non-hydrogen) atoms. The van der Waals surface area contributed by atoms with Crippen molar-refractivity contribution in [2.45, 2.75) is 26.6 Å². The van der Waals surface area contributed by atoms with Crippen LogP contribution in [-0.2, 0) is 11.2 Å². The minimum Gasteiger partial charge on any atom is -0.465 e. The molecule has 0 radical (unpaired) electrons. The van der Waals surface area contributed by atoms with Crippen molar-refractivity contribution in [1.82, 2.24) is 15.3 Å². The maximum atomic E-state index is 11.4. The molecule has 2 aromatic rings. The van der Waals surface area contributed by atoms with Crippen LogP contribution in [0.4, 0.5) is 5.95 Å². The highest BCUT2D eigenvalue weighted by Crippen LogP contribution is 2.06. The number of benzene rings is 1. The molecule has 0 bridgehead atoms. The van der Waals surface area contributed by atoms with Crippen molar-refractivity contribution in [1.29, 1.82) is 0 Å². The number of carbonyl (C=O) groups is 1. The Morgan fingerprint density at radius 3 is 2.42 bits per heavy atom. The van der Waals surface area contributed by atoms with Crippen molar-refractivity contribution < 1.29 is 9.53 Å². The van der Waals surface area contributed by atoms with Gasteiger partial charge in [0.15, 0.2) is 0 Å². The molecule has 7 heteroatoms. The van der Waals surface area contributed by atoms with Gasteiger partial charge in [0, 0.05) is 17.9 Å². The molecule has 128 valence electrons. The summed E-state index contributed by atoms with van der Waals surface area (Å²) in [6.07, 6.45) is 0.338. The summed E-state index contributed by atoms with van der Waals surface area (Å²) >= 11 is 0. The van der Waals surface area contributed by atoms with E-state index < -0.39 is 6.29 Å². The van der Waals surface area contributed by atoms with E-state index in [1.54, 1.807) is 12.1 Å². The van der Waals surface area contributed by atoms with Crippen LogP contribution in [0.5, 0.6) is 0 Å². The summed E-state index contributed by atoms with van der Waals surface area (Å²) in [6.45, 7) is 4.50. The number of anilines is 1. The summed E-state index contributed by atoms with van der Waals surface area (Å²) in [5.41, 5.74) is 9.41. The van der Waals surface area contributed by atoms with Gasteiger partial charge < -0.3 is 10.1 Å². The second-order valence-electron chi connectivity index (χ2n) is 5.49. The van der Waals surface area contributed by atoms with Crippen LogP contribution in [0.3, 0.4) is 0 Å². The number of esters is 1. The Hall–Kier alpha value is -2.51. The third kappa shape index (κ3) is 5.29. The summed E-state index contributed by atoms with van der Waals surface area (Å²) in [6, 6.07) is 9.22. The van der Waals surface area contributed by atoms with E-state index in [0.29, 0.717) is 18.1 Å². The van der Waals surface area contributed by atoms with Crippen LogP contribution in [0, 0.1) is 13.8 Å². The van der Waals surface area contributed by atoms with E-state index in [4.69, 9.17) is 5.73 Å². The van der Waals surface area contributed by atoms with E-state index in [1.807, 2.05) is 32.0 Å². The SMILES string of the molecule is COC(=O)c1ccc(CCNC(N)Nc2nc(C)cc(C)n2)cc1. The quantitative estimate of drug-likeness (QED) is 0.521. The van der Waals surface area contributed by atoms with Gasteiger partial charge in [-0.05, 0) is 44.0 Å². The third-order valence-corrected chi connectivity index (χ3v) is 3.42. The monoisotopic (exact) mass is 329 g/mol. The fourth-order valence-electron chi connectivity index (χ4n) is 2.28. The van der Waals surface area contributed by atoms with Crippen LogP contribution < -0.4 is 16.4 Å². The lowest BCUT2D eigenvalue weighted by molar-refractivity contribution is 0.0600. The van der Waals surface area contributed by atoms with Gasteiger partial charge in [-0.15, -0.1) is 0 Å². The smallest absolute Gasteiger partial charge is 0.337 e. The van der Waals surface area contributed by atoms with Crippen molar-refractivity contribution in [3.8, 4) is 0 Å². The largest absolute Gasteiger partial charge is 0.465 e. The molecular formula is C17H23N5O2. The molecule has 0 aliphatic rings. The molecule has 7 nitrogen and oxygen atoms in total. The first-order valence-corrected chi connectivity index (χ1v) is 7.73. The summed E-state index contributed by atoms with van der Waals surface area (Å²) in [7, 11) is 1.37. The second kappa shape index (κ2) is 8.37. The number of nitrogens with two attached hydrogens (primary N) is 1. The summed E-state index contributed by atoms with van der Waals surface area (Å²) in [5.74, 6) is 0.175. The van der Waals surface area contributed by atoms with E-state index >= 15 is 0 Å². The molecule has 1 aromatic carbocycles. The molecular weight excluding hydrogens is 306 g/mol. The zero-order chi connectivity index (χ0) is 17.5. The lowest BCUT2D eigenvalue weighted by Gasteiger charge is -2.16. The highest BCUT2D eigenvalue weighted by Gasteiger charge is 2.06. The van der Waals surface area contributed by atoms with Gasteiger partial charge in [0.25, 0.3) is 0 Å². The number of ether oxygens (including phenoxy) is 1. The maximum Gasteiger partial charge on any atom is 0.337 e. The van der Waals surface area contributed by atoms with Crippen LogP contribution in [0.1, 0.15) is 27.3 Å². The minimum absolute atomic E-state index is 0.334. The van der Waals surface area contributed by atoms with Gasteiger partial charge in [0.2, 0.25) is 5.95 Å². The van der Waals surface area contributed by atoms with Crippen molar-refractivity contribution in [2.24, 2.45) is 5.73 Å². The first-order valence-electron chi connectivity index (χ1n) is 7.73. The highest BCUT2D eigenvalue weighted by molar-refractivity contribution is 5.89. The predicted octanol–water partition coefficient (Wildman–Crippen LogP) is 1.37. The van der Waals surface area contributed by atoms with Crippen molar-refractivity contribution >= 4 is 11.9 Å². The number of aryl methyl sites for hydroxylation is 2. The number of rotatable bonds is 7. The molecule has 1 aromatic heterocycles. The molecule has 0 fully saturated rings. The predicted molar refractivity (Wildman–Crippen MR) is 92.6 cm³/mol. The zero-order valence-electron chi connectivity index (χ0n) is 14.2. The van der Waals surface area contributed by atoms with E-state index in [1.165, 1.54) is 7.11 Å². The number of hydrogen-bond acceptors (Lipinski definition) is 7. The van der Waals surface area contributed by atoms with Crippen molar-refractivity contribution in [3.05, 3.63) is 52.8 Å². The third-order valence-electron chi connectivity index (χ3n) is 3.42. The average molecular weight is 329 g/mol. The average Bonchev–Trinajstić information content (AvgIpc) is 2.53. The van der Waals surface area contributed by atoms with Crippen molar-refractivity contribution in [2.75, 3.05) is 19.0 Å². The Balaban J connectivity index is 1.79. The molecule has 4 N–H and O–H groups in total. The van der Waals surface area contributed by atoms with Gasteiger partial charge in [-0.3, -0.25) is 11.1 Å². The number of methoxy groups -OCH3 is 1. The molecule has 1 unspecified atom stereocenters. The van der Waals surface area contributed by atoms with E-state index in [2.05, 4.69) is 25.3 Å². The van der Waals surface area contributed by atoms with E-state index in [-0.39, 0.29) is 5.97 Å². The van der Waals surface area contributed by atoms with Gasteiger partial charge >= 0.3 is 5.97 Å². The minimum atomic E-state index is -0.444. The fraction of sp³-hybridized carbons (Fsp3) is 0.353. The standard InChI is InChI=1S/C17H23N5O2/c1-11-10-12(2)21-17(20-11)22-16(18)19-9-8-13-4-6-14(7-5-13)15(23)24-3/h4-7,10,16,19H,8-9,18H2,1-3H3,(H,20,21,22). The first-order chi connectivity index (χ1) is 11.5. The Morgan fingerprint density at radius 1 is 1.21 bits per heavy atom. The van der Waals surface area contributed by atoms with E-state index in [0.717, 1.165) is 23.4 Å². The maximum absolute atomic E-state index is 11.4. The molecule has 0 aliphatic heterocycles. The van der Waals surface area contributed by atoms with Crippen LogP contribution in [0.25, 0.3) is 0 Å². The van der Waals surface area contributed by atoms with Crippen LogP contribution in [-0.4, -0.2) is 35.9 Å². The summed E-state index contributed by atoms with van der Waals surface area (Å²) in [4.78, 5) is 20.0. The zero-order valence-corrected chi connectivity index (χ0v) is 14.2. The lowest BCUT2D eigenvalue weighted by Crippen LogP contribution is -2.45. The number of aromatic nitrogens is 2.